The standard InChI is InChI=1S/C22H24N2O3/c1-16(2)27-20-7-4-3-6-19(20)23-21(25)14-11-17-9-12-18(13-10-17)24-15-5-8-22(24)26/h3-4,6-7,9-14,16H,5,8,15H2,1-2H3,(H,23,25)/b14-11+. The smallest absolute Gasteiger partial charge is 0.248 e. The largest absolute Gasteiger partial charge is 0.489 e. The Morgan fingerprint density at radius 3 is 2.56 bits per heavy atom. The Bertz CT molecular complexity index is 841. The summed E-state index contributed by atoms with van der Waals surface area (Å²) in [6.07, 6.45) is 4.78. The first-order chi connectivity index (χ1) is 13.0. The van der Waals surface area contributed by atoms with Crippen LogP contribution in [0.15, 0.2) is 54.6 Å². The first-order valence-electron chi connectivity index (χ1n) is 9.18. The summed E-state index contributed by atoms with van der Waals surface area (Å²) in [4.78, 5) is 25.8. The van der Waals surface area contributed by atoms with E-state index in [0.717, 1.165) is 24.2 Å². The van der Waals surface area contributed by atoms with Crippen LogP contribution in [0.3, 0.4) is 0 Å². The second-order valence-electron chi connectivity index (χ2n) is 6.73. The van der Waals surface area contributed by atoms with E-state index in [2.05, 4.69) is 5.32 Å². The lowest BCUT2D eigenvalue weighted by atomic mass is 10.2. The van der Waals surface area contributed by atoms with Gasteiger partial charge in [0.1, 0.15) is 5.75 Å². The van der Waals surface area contributed by atoms with Gasteiger partial charge in [-0.05, 0) is 56.2 Å². The van der Waals surface area contributed by atoms with Gasteiger partial charge >= 0.3 is 0 Å². The zero-order valence-corrected chi connectivity index (χ0v) is 15.6. The maximum Gasteiger partial charge on any atom is 0.248 e. The number of ether oxygens (including phenoxy) is 1. The second-order valence-corrected chi connectivity index (χ2v) is 6.73. The lowest BCUT2D eigenvalue weighted by Gasteiger charge is -2.15. The number of nitrogens with one attached hydrogen (secondary N) is 1. The zero-order chi connectivity index (χ0) is 19.2. The number of hydrogen-bond donors (Lipinski definition) is 1. The van der Waals surface area contributed by atoms with Crippen LogP contribution in [0.5, 0.6) is 5.75 Å². The van der Waals surface area contributed by atoms with Crippen molar-refractivity contribution in [3.63, 3.8) is 0 Å². The highest BCUT2D eigenvalue weighted by Gasteiger charge is 2.21. The van der Waals surface area contributed by atoms with E-state index in [1.807, 2.05) is 62.4 Å². The van der Waals surface area contributed by atoms with Crippen molar-refractivity contribution in [1.29, 1.82) is 0 Å². The number of carbonyl (C=O) groups is 2. The van der Waals surface area contributed by atoms with Crippen LogP contribution in [0.2, 0.25) is 0 Å². The summed E-state index contributed by atoms with van der Waals surface area (Å²) in [6, 6.07) is 15.0. The monoisotopic (exact) mass is 364 g/mol. The molecule has 2 aromatic rings. The normalized spacial score (nSPS) is 14.2. The molecule has 3 rings (SSSR count). The van der Waals surface area contributed by atoms with E-state index in [1.165, 1.54) is 6.08 Å². The first kappa shape index (κ1) is 18.7. The lowest BCUT2D eigenvalue weighted by molar-refractivity contribution is -0.117. The van der Waals surface area contributed by atoms with Crippen LogP contribution in [0.1, 0.15) is 32.3 Å². The highest BCUT2D eigenvalue weighted by molar-refractivity contribution is 6.02. The van der Waals surface area contributed by atoms with Gasteiger partial charge in [0.15, 0.2) is 0 Å². The van der Waals surface area contributed by atoms with E-state index < -0.39 is 0 Å². The van der Waals surface area contributed by atoms with Crippen molar-refractivity contribution in [1.82, 2.24) is 0 Å². The molecule has 0 saturated carbocycles. The van der Waals surface area contributed by atoms with Gasteiger partial charge in [-0.2, -0.15) is 0 Å². The van der Waals surface area contributed by atoms with Crippen molar-refractivity contribution in [2.24, 2.45) is 0 Å². The second kappa shape index (κ2) is 8.54. The molecule has 0 unspecified atom stereocenters. The molecule has 0 bridgehead atoms. The van der Waals surface area contributed by atoms with Gasteiger partial charge in [0, 0.05) is 24.7 Å². The maximum absolute atomic E-state index is 12.2. The Hall–Kier alpha value is -3.08. The molecule has 5 nitrogen and oxygen atoms in total. The Balaban J connectivity index is 1.63. The van der Waals surface area contributed by atoms with Crippen molar-refractivity contribution in [2.75, 3.05) is 16.8 Å². The summed E-state index contributed by atoms with van der Waals surface area (Å²) in [5, 5.41) is 2.84. The molecule has 1 aliphatic heterocycles. The van der Waals surface area contributed by atoms with Crippen molar-refractivity contribution in [3.05, 3.63) is 60.2 Å². The molecule has 140 valence electrons. The van der Waals surface area contributed by atoms with Gasteiger partial charge in [-0.3, -0.25) is 9.59 Å². The number of hydrogen-bond acceptors (Lipinski definition) is 3. The molecule has 2 amide bonds. The number of benzene rings is 2. The highest BCUT2D eigenvalue weighted by atomic mass is 16.5. The molecule has 27 heavy (non-hydrogen) atoms. The van der Waals surface area contributed by atoms with Crippen LogP contribution >= 0.6 is 0 Å². The fourth-order valence-electron chi connectivity index (χ4n) is 2.96. The third kappa shape index (κ3) is 4.97. The molecular formula is C22H24N2O3. The molecule has 0 radical (unpaired) electrons. The van der Waals surface area contributed by atoms with E-state index in [-0.39, 0.29) is 17.9 Å². The van der Waals surface area contributed by atoms with Crippen molar-refractivity contribution in [3.8, 4) is 5.75 Å². The fourth-order valence-corrected chi connectivity index (χ4v) is 2.96. The molecule has 5 heteroatoms. The molecule has 1 N–H and O–H groups in total. The minimum Gasteiger partial charge on any atom is -0.489 e. The van der Waals surface area contributed by atoms with Gasteiger partial charge in [-0.25, -0.2) is 0 Å². The molecule has 0 spiro atoms. The van der Waals surface area contributed by atoms with Gasteiger partial charge in [0.2, 0.25) is 11.8 Å². The Morgan fingerprint density at radius 1 is 1.15 bits per heavy atom. The van der Waals surface area contributed by atoms with E-state index >= 15 is 0 Å². The van der Waals surface area contributed by atoms with Gasteiger partial charge in [0.25, 0.3) is 0 Å². The van der Waals surface area contributed by atoms with Crippen LogP contribution in [0.4, 0.5) is 11.4 Å². The number of rotatable bonds is 6. The van der Waals surface area contributed by atoms with Crippen LogP contribution in [-0.2, 0) is 9.59 Å². The summed E-state index contributed by atoms with van der Waals surface area (Å²) < 4.78 is 5.71. The summed E-state index contributed by atoms with van der Waals surface area (Å²) in [5.41, 5.74) is 2.44. The third-order valence-corrected chi connectivity index (χ3v) is 4.21. The molecule has 0 aromatic heterocycles. The molecular weight excluding hydrogens is 340 g/mol. The first-order valence-corrected chi connectivity index (χ1v) is 9.18. The molecule has 1 saturated heterocycles. The topological polar surface area (TPSA) is 58.6 Å². The van der Waals surface area contributed by atoms with Gasteiger partial charge in [-0.15, -0.1) is 0 Å². The Kier molecular flexibility index (Phi) is 5.91. The highest BCUT2D eigenvalue weighted by Crippen LogP contribution is 2.25. The number of nitrogens with zero attached hydrogens (tertiary/aromatic N) is 1. The number of carbonyl (C=O) groups excluding carboxylic acids is 2. The summed E-state index contributed by atoms with van der Waals surface area (Å²) in [6.45, 7) is 4.66. The zero-order valence-electron chi connectivity index (χ0n) is 15.6. The molecule has 1 aliphatic rings. The van der Waals surface area contributed by atoms with Crippen LogP contribution < -0.4 is 15.0 Å². The van der Waals surface area contributed by atoms with E-state index in [1.54, 1.807) is 11.0 Å². The molecule has 1 fully saturated rings. The predicted molar refractivity (Wildman–Crippen MR) is 108 cm³/mol. The minimum atomic E-state index is -0.228. The average molecular weight is 364 g/mol. The number of amides is 2. The molecule has 1 heterocycles. The third-order valence-electron chi connectivity index (χ3n) is 4.21. The minimum absolute atomic E-state index is 0.0274. The molecule has 0 aliphatic carbocycles. The Labute approximate surface area is 159 Å². The van der Waals surface area contributed by atoms with Gasteiger partial charge in [0.05, 0.1) is 11.8 Å². The van der Waals surface area contributed by atoms with Crippen LogP contribution in [-0.4, -0.2) is 24.5 Å². The fraction of sp³-hybridized carbons (Fsp3) is 0.273. The quantitative estimate of drug-likeness (QED) is 0.780. The predicted octanol–water partition coefficient (Wildman–Crippen LogP) is 4.25. The van der Waals surface area contributed by atoms with Crippen molar-refractivity contribution in [2.45, 2.75) is 32.8 Å². The van der Waals surface area contributed by atoms with E-state index in [4.69, 9.17) is 4.74 Å². The van der Waals surface area contributed by atoms with Crippen molar-refractivity contribution >= 4 is 29.3 Å². The SMILES string of the molecule is CC(C)Oc1ccccc1NC(=O)/C=C/c1ccc(N2CCCC2=O)cc1. The summed E-state index contributed by atoms with van der Waals surface area (Å²) >= 11 is 0. The van der Waals surface area contributed by atoms with E-state index in [9.17, 15) is 9.59 Å². The summed E-state index contributed by atoms with van der Waals surface area (Å²) in [7, 11) is 0. The molecule has 2 aromatic carbocycles. The Morgan fingerprint density at radius 2 is 1.89 bits per heavy atom. The number of anilines is 2. The average Bonchev–Trinajstić information content (AvgIpc) is 3.08. The number of para-hydroxylation sites is 2. The lowest BCUT2D eigenvalue weighted by Crippen LogP contribution is -2.23. The van der Waals surface area contributed by atoms with Gasteiger partial charge < -0.3 is 15.0 Å². The van der Waals surface area contributed by atoms with Crippen LogP contribution in [0, 0.1) is 0 Å². The maximum atomic E-state index is 12.2. The van der Waals surface area contributed by atoms with Crippen molar-refractivity contribution < 1.29 is 14.3 Å². The van der Waals surface area contributed by atoms with Gasteiger partial charge in [-0.1, -0.05) is 24.3 Å². The summed E-state index contributed by atoms with van der Waals surface area (Å²) in [5.74, 6) is 0.586. The molecule has 0 atom stereocenters. The van der Waals surface area contributed by atoms with E-state index in [0.29, 0.717) is 17.9 Å². The van der Waals surface area contributed by atoms with Crippen LogP contribution in [0.25, 0.3) is 6.08 Å².